The fraction of sp³-hybridized carbons (Fsp3) is 0.115. The van der Waals surface area contributed by atoms with E-state index in [0.717, 1.165) is 0 Å². The number of rotatable bonds is 3. The van der Waals surface area contributed by atoms with Crippen LogP contribution in [0.1, 0.15) is 49.9 Å². The van der Waals surface area contributed by atoms with Gasteiger partial charge in [0.05, 0.1) is 0 Å². The third-order valence-corrected chi connectivity index (χ3v) is 12.7. The molecule has 0 saturated heterocycles. The van der Waals surface area contributed by atoms with Crippen LogP contribution in [0.4, 0.5) is 0 Å². The Labute approximate surface area is 305 Å². The molecule has 0 aromatic heterocycles. The summed E-state index contributed by atoms with van der Waals surface area (Å²) >= 11 is 0. The molecule has 0 spiro atoms. The van der Waals surface area contributed by atoms with Crippen molar-refractivity contribution < 1.29 is 0 Å². The molecule has 246 valence electrons. The van der Waals surface area contributed by atoms with Crippen molar-refractivity contribution in [2.24, 2.45) is 0 Å². The van der Waals surface area contributed by atoms with E-state index in [1.165, 1.54) is 110 Å². The summed E-state index contributed by atoms with van der Waals surface area (Å²) in [5.74, 6) is 0. The molecule has 0 atom stereocenters. The van der Waals surface area contributed by atoms with Crippen LogP contribution in [0.25, 0.3) is 88.0 Å². The Hall–Kier alpha value is -5.98. The van der Waals surface area contributed by atoms with Crippen LogP contribution in [-0.4, -0.2) is 0 Å². The monoisotopic (exact) mass is 662 g/mol. The van der Waals surface area contributed by atoms with Crippen molar-refractivity contribution in [3.8, 4) is 55.6 Å². The summed E-state index contributed by atoms with van der Waals surface area (Å²) in [7, 11) is 0. The summed E-state index contributed by atoms with van der Waals surface area (Å²) in [6.45, 7) is 9.50. The van der Waals surface area contributed by atoms with Crippen molar-refractivity contribution in [1.82, 2.24) is 0 Å². The van der Waals surface area contributed by atoms with E-state index in [-0.39, 0.29) is 10.8 Å². The van der Waals surface area contributed by atoms with Crippen molar-refractivity contribution in [2.45, 2.75) is 38.5 Å². The zero-order valence-electron chi connectivity index (χ0n) is 30.0. The first-order chi connectivity index (χ1) is 25.3. The quantitative estimate of drug-likeness (QED) is 0.165. The lowest BCUT2D eigenvalue weighted by atomic mass is 9.80. The second-order valence-corrected chi connectivity index (χ2v) is 16.1. The summed E-state index contributed by atoms with van der Waals surface area (Å²) in [6, 6.07) is 59.8. The first-order valence-corrected chi connectivity index (χ1v) is 18.6. The fourth-order valence-corrected chi connectivity index (χ4v) is 9.99. The van der Waals surface area contributed by atoms with Crippen LogP contribution in [-0.2, 0) is 10.8 Å². The highest BCUT2D eigenvalue weighted by Gasteiger charge is 2.36. The SMILES string of the molecule is CC1(C)c2ccccc2-c2ccc(-c3ccc4ccc5c(-c6ccc7c(c6)C(C)(C)c6ccccc6-7)cc(-c6ccccc6)c6ccc3c4c65)cc21. The third kappa shape index (κ3) is 3.87. The highest BCUT2D eigenvalue weighted by atomic mass is 14.4. The lowest BCUT2D eigenvalue weighted by Gasteiger charge is -2.23. The Kier molecular flexibility index (Phi) is 5.89. The van der Waals surface area contributed by atoms with Gasteiger partial charge in [0.25, 0.3) is 0 Å². The minimum absolute atomic E-state index is 0.0446. The van der Waals surface area contributed by atoms with Crippen LogP contribution in [0.2, 0.25) is 0 Å². The summed E-state index contributed by atoms with van der Waals surface area (Å²) < 4.78 is 0. The number of fused-ring (bicyclic) bond motifs is 6. The molecule has 0 nitrogen and oxygen atoms in total. The molecule has 0 bridgehead atoms. The van der Waals surface area contributed by atoms with E-state index in [4.69, 9.17) is 0 Å². The zero-order valence-corrected chi connectivity index (χ0v) is 30.0. The molecule has 0 saturated carbocycles. The van der Waals surface area contributed by atoms with Gasteiger partial charge in [0.15, 0.2) is 0 Å². The molecule has 11 rings (SSSR count). The van der Waals surface area contributed by atoms with Crippen LogP contribution in [0.5, 0.6) is 0 Å². The second-order valence-electron chi connectivity index (χ2n) is 16.1. The van der Waals surface area contributed by atoms with Gasteiger partial charge >= 0.3 is 0 Å². The van der Waals surface area contributed by atoms with Gasteiger partial charge in [-0.15, -0.1) is 0 Å². The maximum atomic E-state index is 2.48. The maximum absolute atomic E-state index is 2.48. The first kappa shape index (κ1) is 29.7. The van der Waals surface area contributed by atoms with Crippen LogP contribution >= 0.6 is 0 Å². The van der Waals surface area contributed by atoms with E-state index in [1.807, 2.05) is 0 Å². The van der Waals surface area contributed by atoms with Crippen molar-refractivity contribution in [1.29, 1.82) is 0 Å². The molecule has 2 aliphatic carbocycles. The zero-order chi connectivity index (χ0) is 34.9. The maximum Gasteiger partial charge on any atom is 0.0159 e. The summed E-state index contributed by atoms with van der Waals surface area (Å²) in [6.07, 6.45) is 0. The molecule has 0 fully saturated rings. The Morgan fingerprint density at radius 2 is 0.731 bits per heavy atom. The van der Waals surface area contributed by atoms with Gasteiger partial charge < -0.3 is 0 Å². The van der Waals surface area contributed by atoms with Crippen LogP contribution in [0.15, 0.2) is 158 Å². The molecule has 0 radical (unpaired) electrons. The summed E-state index contributed by atoms with van der Waals surface area (Å²) in [5, 5.41) is 7.91. The molecular formula is C52H38. The second kappa shape index (κ2) is 10.3. The number of benzene rings is 9. The third-order valence-electron chi connectivity index (χ3n) is 12.7. The average molecular weight is 663 g/mol. The van der Waals surface area contributed by atoms with Crippen molar-refractivity contribution >= 4 is 32.3 Å². The van der Waals surface area contributed by atoms with E-state index in [2.05, 4.69) is 185 Å². The fourth-order valence-electron chi connectivity index (χ4n) is 9.99. The van der Waals surface area contributed by atoms with E-state index in [0.29, 0.717) is 0 Å². The van der Waals surface area contributed by atoms with Crippen LogP contribution < -0.4 is 0 Å². The van der Waals surface area contributed by atoms with Gasteiger partial charge in [-0.3, -0.25) is 0 Å². The number of hydrogen-bond donors (Lipinski definition) is 0. The molecule has 2 aliphatic rings. The Bertz CT molecular complexity index is 2940. The highest BCUT2D eigenvalue weighted by Crippen LogP contribution is 2.53. The van der Waals surface area contributed by atoms with Gasteiger partial charge in [0.2, 0.25) is 0 Å². The van der Waals surface area contributed by atoms with E-state index >= 15 is 0 Å². The van der Waals surface area contributed by atoms with Crippen molar-refractivity contribution in [2.75, 3.05) is 0 Å². The molecule has 0 heterocycles. The van der Waals surface area contributed by atoms with Gasteiger partial charge in [-0.05, 0) is 128 Å². The predicted molar refractivity (Wildman–Crippen MR) is 222 cm³/mol. The highest BCUT2D eigenvalue weighted by molar-refractivity contribution is 6.30. The lowest BCUT2D eigenvalue weighted by Crippen LogP contribution is -2.14. The topological polar surface area (TPSA) is 0 Å². The van der Waals surface area contributed by atoms with Crippen LogP contribution in [0, 0.1) is 0 Å². The molecule has 0 amide bonds. The average Bonchev–Trinajstić information content (AvgIpc) is 3.56. The first-order valence-electron chi connectivity index (χ1n) is 18.6. The minimum Gasteiger partial charge on any atom is -0.0622 e. The van der Waals surface area contributed by atoms with E-state index < -0.39 is 0 Å². The Morgan fingerprint density at radius 1 is 0.288 bits per heavy atom. The lowest BCUT2D eigenvalue weighted by molar-refractivity contribution is 0.660. The summed E-state index contributed by atoms with van der Waals surface area (Å²) in [5.41, 5.74) is 18.6. The van der Waals surface area contributed by atoms with Crippen molar-refractivity contribution in [3.05, 3.63) is 180 Å². The number of hydrogen-bond acceptors (Lipinski definition) is 0. The molecular weight excluding hydrogens is 625 g/mol. The van der Waals surface area contributed by atoms with Gasteiger partial charge in [-0.25, -0.2) is 0 Å². The molecule has 0 heteroatoms. The van der Waals surface area contributed by atoms with Gasteiger partial charge in [0.1, 0.15) is 0 Å². The largest absolute Gasteiger partial charge is 0.0622 e. The van der Waals surface area contributed by atoms with Gasteiger partial charge in [0, 0.05) is 10.8 Å². The smallest absolute Gasteiger partial charge is 0.0159 e. The molecule has 9 aromatic carbocycles. The molecule has 9 aromatic rings. The van der Waals surface area contributed by atoms with E-state index in [1.54, 1.807) is 0 Å². The van der Waals surface area contributed by atoms with Crippen LogP contribution in [0.3, 0.4) is 0 Å². The van der Waals surface area contributed by atoms with Gasteiger partial charge in [-0.1, -0.05) is 167 Å². The summed E-state index contributed by atoms with van der Waals surface area (Å²) in [4.78, 5) is 0. The standard InChI is InChI=1S/C52H38/c1-51(2)45-16-10-8-14-36(45)38-23-20-33(28-47(38)51)35-22-18-32-19-25-41-44(34-21-24-39-37-15-9-11-17-46(37)52(3,4)48(39)29-34)30-43(31-12-6-5-7-13-31)42-27-26-40(35)49(32)50(41)42/h5-30H,1-4H3. The minimum atomic E-state index is -0.0608. The molecule has 0 aliphatic heterocycles. The molecule has 0 unspecified atom stereocenters. The van der Waals surface area contributed by atoms with E-state index in [9.17, 15) is 0 Å². The molecule has 52 heavy (non-hydrogen) atoms. The Morgan fingerprint density at radius 3 is 1.35 bits per heavy atom. The normalized spacial score (nSPS) is 14.8. The molecule has 0 N–H and O–H groups in total. The van der Waals surface area contributed by atoms with Crippen molar-refractivity contribution in [3.63, 3.8) is 0 Å². The van der Waals surface area contributed by atoms with Gasteiger partial charge in [-0.2, -0.15) is 0 Å². The predicted octanol–water partition coefficient (Wildman–Crippen LogP) is 14.2. The Balaban J connectivity index is 1.17.